The molecule has 0 aliphatic carbocycles. The molecule has 11 heteroatoms. The van der Waals surface area contributed by atoms with Gasteiger partial charge in [-0.2, -0.15) is 23.4 Å². The van der Waals surface area contributed by atoms with Crippen LogP contribution in [0.25, 0.3) is 16.6 Å². The van der Waals surface area contributed by atoms with Crippen LogP contribution in [0.5, 0.6) is 0 Å². The fourth-order valence-corrected chi connectivity index (χ4v) is 2.22. The number of aromatic nitrogens is 4. The van der Waals surface area contributed by atoms with Gasteiger partial charge in [-0.15, -0.1) is 0 Å². The van der Waals surface area contributed by atoms with Crippen LogP contribution in [0.1, 0.15) is 10.4 Å². The SMILES string of the molecule is NC(=O)c1cnn2c(NC(=O)C(F)(F)F)ccc2c1-c1cn[nH]c1. The first-order valence-electron chi connectivity index (χ1n) is 6.47. The number of amides is 2. The number of aromatic amines is 1. The van der Waals surface area contributed by atoms with Crippen molar-refractivity contribution in [1.82, 2.24) is 19.8 Å². The third-order valence-corrected chi connectivity index (χ3v) is 3.23. The molecular formula is C13H9F3N6O2. The molecular weight excluding hydrogens is 329 g/mol. The minimum absolute atomic E-state index is 0.0655. The standard InChI is InChI=1S/C13H9F3N6O2/c14-13(15,16)12(24)21-9-2-1-8-10(6-3-18-19-4-6)7(11(17)23)5-20-22(8)9/h1-5H,(H2,17,23)(H,18,19)(H,21,24). The van der Waals surface area contributed by atoms with Crippen molar-refractivity contribution in [2.75, 3.05) is 5.32 Å². The first-order valence-corrected chi connectivity index (χ1v) is 6.47. The molecule has 0 fully saturated rings. The van der Waals surface area contributed by atoms with Gasteiger partial charge in [0.05, 0.1) is 23.5 Å². The van der Waals surface area contributed by atoms with Gasteiger partial charge in [0.2, 0.25) is 0 Å². The van der Waals surface area contributed by atoms with Crippen molar-refractivity contribution < 1.29 is 22.8 Å². The molecule has 24 heavy (non-hydrogen) atoms. The number of anilines is 1. The molecule has 0 bridgehead atoms. The topological polar surface area (TPSA) is 118 Å². The van der Waals surface area contributed by atoms with E-state index in [1.165, 1.54) is 24.5 Å². The Hall–Kier alpha value is -3.37. The summed E-state index contributed by atoms with van der Waals surface area (Å²) in [5.41, 5.74) is 6.49. The molecule has 0 aromatic carbocycles. The summed E-state index contributed by atoms with van der Waals surface area (Å²) in [4.78, 5) is 22.7. The maximum atomic E-state index is 12.4. The van der Waals surface area contributed by atoms with Gasteiger partial charge in [0.15, 0.2) is 0 Å². The monoisotopic (exact) mass is 338 g/mol. The number of hydrogen-bond donors (Lipinski definition) is 3. The van der Waals surface area contributed by atoms with Crippen molar-refractivity contribution in [3.05, 3.63) is 36.3 Å². The fourth-order valence-electron chi connectivity index (χ4n) is 2.22. The minimum atomic E-state index is -5.04. The Morgan fingerprint density at radius 2 is 2.00 bits per heavy atom. The number of nitrogens with two attached hydrogens (primary N) is 1. The van der Waals surface area contributed by atoms with Gasteiger partial charge in [0.1, 0.15) is 5.82 Å². The highest BCUT2D eigenvalue weighted by Gasteiger charge is 2.39. The van der Waals surface area contributed by atoms with Crippen molar-refractivity contribution in [2.24, 2.45) is 5.73 Å². The number of primary amides is 1. The average molecular weight is 338 g/mol. The number of nitrogens with one attached hydrogen (secondary N) is 2. The first kappa shape index (κ1) is 15.5. The van der Waals surface area contributed by atoms with E-state index in [1.54, 1.807) is 5.32 Å². The first-order chi connectivity index (χ1) is 11.3. The summed E-state index contributed by atoms with van der Waals surface area (Å²) in [7, 11) is 0. The van der Waals surface area contributed by atoms with E-state index in [0.29, 0.717) is 11.1 Å². The van der Waals surface area contributed by atoms with Gasteiger partial charge in [0, 0.05) is 17.3 Å². The van der Waals surface area contributed by atoms with Crippen molar-refractivity contribution in [3.8, 4) is 11.1 Å². The van der Waals surface area contributed by atoms with Crippen molar-refractivity contribution in [2.45, 2.75) is 6.18 Å². The number of carbonyl (C=O) groups is 2. The van der Waals surface area contributed by atoms with Gasteiger partial charge < -0.3 is 11.1 Å². The predicted molar refractivity (Wildman–Crippen MR) is 76.0 cm³/mol. The van der Waals surface area contributed by atoms with Crippen molar-refractivity contribution >= 4 is 23.1 Å². The second-order valence-electron chi connectivity index (χ2n) is 4.75. The molecule has 3 heterocycles. The second kappa shape index (κ2) is 5.37. The number of H-pyrrole nitrogens is 1. The number of nitrogens with zero attached hydrogens (tertiary/aromatic N) is 3. The molecule has 8 nitrogen and oxygen atoms in total. The molecule has 4 N–H and O–H groups in total. The smallest absolute Gasteiger partial charge is 0.366 e. The molecule has 3 aromatic heterocycles. The summed E-state index contributed by atoms with van der Waals surface area (Å²) in [6.07, 6.45) is -1.02. The number of halogens is 3. The molecule has 0 atom stereocenters. The summed E-state index contributed by atoms with van der Waals surface area (Å²) in [5, 5.41) is 11.9. The van der Waals surface area contributed by atoms with E-state index < -0.39 is 18.0 Å². The third kappa shape index (κ3) is 2.55. The van der Waals surface area contributed by atoms with Crippen LogP contribution in [-0.2, 0) is 4.79 Å². The highest BCUT2D eigenvalue weighted by molar-refractivity contribution is 6.04. The molecule has 0 aliphatic heterocycles. The van der Waals surface area contributed by atoms with Crippen molar-refractivity contribution in [1.29, 1.82) is 0 Å². The number of fused-ring (bicyclic) bond motifs is 1. The summed E-state index contributed by atoms with van der Waals surface area (Å²) in [5.74, 6) is -3.09. The van der Waals surface area contributed by atoms with Crippen LogP contribution in [-0.4, -0.2) is 37.8 Å². The van der Waals surface area contributed by atoms with Gasteiger partial charge in [-0.3, -0.25) is 14.7 Å². The van der Waals surface area contributed by atoms with Crippen LogP contribution < -0.4 is 11.1 Å². The summed E-state index contributed by atoms with van der Waals surface area (Å²) >= 11 is 0. The van der Waals surface area contributed by atoms with Crippen LogP contribution in [0.15, 0.2) is 30.7 Å². The summed E-state index contributed by atoms with van der Waals surface area (Å²) in [6.45, 7) is 0. The highest BCUT2D eigenvalue weighted by atomic mass is 19.4. The molecule has 3 rings (SSSR count). The zero-order valence-electron chi connectivity index (χ0n) is 11.8. The molecule has 2 amide bonds. The Bertz CT molecular complexity index is 929. The van der Waals surface area contributed by atoms with Crippen LogP contribution in [0.4, 0.5) is 19.0 Å². The van der Waals surface area contributed by atoms with Crippen LogP contribution >= 0.6 is 0 Å². The normalized spacial score (nSPS) is 11.6. The number of rotatable bonds is 3. The number of hydrogen-bond acceptors (Lipinski definition) is 4. The highest BCUT2D eigenvalue weighted by Crippen LogP contribution is 2.30. The average Bonchev–Trinajstić information content (AvgIpc) is 3.15. The zero-order chi connectivity index (χ0) is 17.5. The van der Waals surface area contributed by atoms with Gasteiger partial charge in [-0.25, -0.2) is 4.52 Å². The van der Waals surface area contributed by atoms with Gasteiger partial charge >= 0.3 is 12.1 Å². The lowest BCUT2D eigenvalue weighted by Crippen LogP contribution is -2.30. The zero-order valence-corrected chi connectivity index (χ0v) is 11.8. The van der Waals surface area contributed by atoms with Crippen molar-refractivity contribution in [3.63, 3.8) is 0 Å². The lowest BCUT2D eigenvalue weighted by Gasteiger charge is -2.10. The molecule has 0 radical (unpaired) electrons. The van der Waals surface area contributed by atoms with E-state index in [2.05, 4.69) is 15.3 Å². The summed E-state index contributed by atoms with van der Waals surface area (Å²) in [6, 6.07) is 2.65. The van der Waals surface area contributed by atoms with Crippen LogP contribution in [0, 0.1) is 0 Å². The quantitative estimate of drug-likeness (QED) is 0.667. The Labute approximate surface area is 131 Å². The second-order valence-corrected chi connectivity index (χ2v) is 4.75. The van der Waals surface area contributed by atoms with E-state index in [-0.39, 0.29) is 16.9 Å². The van der Waals surface area contributed by atoms with E-state index in [4.69, 9.17) is 5.73 Å². The number of alkyl halides is 3. The Morgan fingerprint density at radius 1 is 1.25 bits per heavy atom. The lowest BCUT2D eigenvalue weighted by atomic mass is 10.0. The summed E-state index contributed by atoms with van der Waals surface area (Å²) < 4.78 is 38.3. The Morgan fingerprint density at radius 3 is 2.58 bits per heavy atom. The maximum absolute atomic E-state index is 12.4. The molecule has 0 unspecified atom stereocenters. The predicted octanol–water partition coefficient (Wildman–Crippen LogP) is 1.32. The van der Waals surface area contributed by atoms with E-state index >= 15 is 0 Å². The molecule has 0 spiro atoms. The molecule has 3 aromatic rings. The van der Waals surface area contributed by atoms with E-state index in [9.17, 15) is 22.8 Å². The third-order valence-electron chi connectivity index (χ3n) is 3.23. The molecule has 124 valence electrons. The molecule has 0 aliphatic rings. The van der Waals surface area contributed by atoms with Gasteiger partial charge in [0.25, 0.3) is 5.91 Å². The molecule has 0 saturated carbocycles. The minimum Gasteiger partial charge on any atom is -0.366 e. The lowest BCUT2D eigenvalue weighted by molar-refractivity contribution is -0.167. The van der Waals surface area contributed by atoms with E-state index in [1.807, 2.05) is 0 Å². The van der Waals surface area contributed by atoms with Gasteiger partial charge in [-0.05, 0) is 12.1 Å². The fraction of sp³-hybridized carbons (Fsp3) is 0.0769. The van der Waals surface area contributed by atoms with Gasteiger partial charge in [-0.1, -0.05) is 0 Å². The van der Waals surface area contributed by atoms with Crippen LogP contribution in [0.2, 0.25) is 0 Å². The number of carbonyl (C=O) groups excluding carboxylic acids is 2. The Balaban J connectivity index is 2.17. The van der Waals surface area contributed by atoms with E-state index in [0.717, 1.165) is 10.7 Å². The largest absolute Gasteiger partial charge is 0.471 e. The maximum Gasteiger partial charge on any atom is 0.471 e. The van der Waals surface area contributed by atoms with Crippen LogP contribution in [0.3, 0.4) is 0 Å². The molecule has 0 saturated heterocycles. The Kier molecular flexibility index (Phi) is 3.47.